The number of hydrogen-bond donors (Lipinski definition) is 2. The van der Waals surface area contributed by atoms with Crippen molar-refractivity contribution in [3.63, 3.8) is 0 Å². The van der Waals surface area contributed by atoms with Gasteiger partial charge in [0.1, 0.15) is 6.61 Å². The molecular formula is C10H11F2NO3. The van der Waals surface area contributed by atoms with Crippen LogP contribution in [0.25, 0.3) is 0 Å². The molecule has 0 saturated heterocycles. The molecule has 0 fully saturated rings. The SMILES string of the molecule is CC(O)CONC(=O)c1ccc(F)c(F)c1. The molecule has 0 aliphatic rings. The molecule has 16 heavy (non-hydrogen) atoms. The molecule has 1 rings (SSSR count). The van der Waals surface area contributed by atoms with Gasteiger partial charge in [0, 0.05) is 5.56 Å². The molecular weight excluding hydrogens is 220 g/mol. The van der Waals surface area contributed by atoms with Crippen molar-refractivity contribution < 1.29 is 23.5 Å². The van der Waals surface area contributed by atoms with E-state index >= 15 is 0 Å². The lowest BCUT2D eigenvalue weighted by Crippen LogP contribution is -2.27. The molecule has 0 aliphatic heterocycles. The first-order chi connectivity index (χ1) is 7.50. The van der Waals surface area contributed by atoms with Crippen molar-refractivity contribution in [2.24, 2.45) is 0 Å². The maximum atomic E-state index is 12.8. The van der Waals surface area contributed by atoms with Crippen LogP contribution in [0.3, 0.4) is 0 Å². The van der Waals surface area contributed by atoms with E-state index in [1.54, 1.807) is 0 Å². The van der Waals surface area contributed by atoms with Gasteiger partial charge in [0.05, 0.1) is 6.10 Å². The van der Waals surface area contributed by atoms with Crippen LogP contribution in [-0.2, 0) is 4.84 Å². The van der Waals surface area contributed by atoms with Crippen LogP contribution in [0, 0.1) is 11.6 Å². The minimum Gasteiger partial charge on any atom is -0.391 e. The second-order valence-electron chi connectivity index (χ2n) is 3.22. The largest absolute Gasteiger partial charge is 0.391 e. The van der Waals surface area contributed by atoms with E-state index in [0.29, 0.717) is 0 Å². The van der Waals surface area contributed by atoms with Crippen molar-refractivity contribution in [2.75, 3.05) is 6.61 Å². The third kappa shape index (κ3) is 3.56. The summed E-state index contributed by atoms with van der Waals surface area (Å²) in [6, 6.07) is 2.73. The van der Waals surface area contributed by atoms with Crippen molar-refractivity contribution in [1.82, 2.24) is 5.48 Å². The topological polar surface area (TPSA) is 58.6 Å². The molecule has 1 atom stereocenters. The highest BCUT2D eigenvalue weighted by Gasteiger charge is 2.09. The van der Waals surface area contributed by atoms with E-state index in [0.717, 1.165) is 18.2 Å². The number of aliphatic hydroxyl groups is 1. The fraction of sp³-hybridized carbons (Fsp3) is 0.300. The van der Waals surface area contributed by atoms with Crippen molar-refractivity contribution in [2.45, 2.75) is 13.0 Å². The Kier molecular flexibility index (Phi) is 4.33. The van der Waals surface area contributed by atoms with Crippen molar-refractivity contribution >= 4 is 5.91 Å². The Morgan fingerprint density at radius 1 is 1.50 bits per heavy atom. The first-order valence-electron chi connectivity index (χ1n) is 4.56. The van der Waals surface area contributed by atoms with Gasteiger partial charge in [-0.2, -0.15) is 0 Å². The second kappa shape index (κ2) is 5.53. The van der Waals surface area contributed by atoms with Crippen molar-refractivity contribution in [3.8, 4) is 0 Å². The van der Waals surface area contributed by atoms with Crippen molar-refractivity contribution in [1.29, 1.82) is 0 Å². The molecule has 2 N–H and O–H groups in total. The van der Waals surface area contributed by atoms with Gasteiger partial charge in [0.15, 0.2) is 11.6 Å². The van der Waals surface area contributed by atoms with Gasteiger partial charge < -0.3 is 5.11 Å². The van der Waals surface area contributed by atoms with Gasteiger partial charge in [0.25, 0.3) is 5.91 Å². The summed E-state index contributed by atoms with van der Waals surface area (Å²) in [5, 5.41) is 8.83. The first-order valence-corrected chi connectivity index (χ1v) is 4.56. The summed E-state index contributed by atoms with van der Waals surface area (Å²) < 4.78 is 25.3. The Morgan fingerprint density at radius 2 is 2.19 bits per heavy atom. The fourth-order valence-electron chi connectivity index (χ4n) is 0.924. The summed E-state index contributed by atoms with van der Waals surface area (Å²) >= 11 is 0. The summed E-state index contributed by atoms with van der Waals surface area (Å²) in [6.45, 7) is 1.39. The van der Waals surface area contributed by atoms with Gasteiger partial charge >= 0.3 is 0 Å². The van der Waals surface area contributed by atoms with Crippen LogP contribution < -0.4 is 5.48 Å². The highest BCUT2D eigenvalue weighted by Crippen LogP contribution is 2.08. The second-order valence-corrected chi connectivity index (χ2v) is 3.22. The number of aliphatic hydroxyl groups excluding tert-OH is 1. The molecule has 0 radical (unpaired) electrons. The molecule has 6 heteroatoms. The summed E-state index contributed by atoms with van der Waals surface area (Å²) in [4.78, 5) is 15.9. The fourth-order valence-corrected chi connectivity index (χ4v) is 0.924. The number of rotatable bonds is 4. The molecule has 0 heterocycles. The van der Waals surface area contributed by atoms with Crippen LogP contribution in [-0.4, -0.2) is 23.7 Å². The van der Waals surface area contributed by atoms with E-state index in [2.05, 4.69) is 4.84 Å². The van der Waals surface area contributed by atoms with Crippen molar-refractivity contribution in [3.05, 3.63) is 35.4 Å². The van der Waals surface area contributed by atoms with Crippen LogP contribution in [0.1, 0.15) is 17.3 Å². The average Bonchev–Trinajstić information content (AvgIpc) is 2.21. The van der Waals surface area contributed by atoms with Crippen LogP contribution in [0.15, 0.2) is 18.2 Å². The Hall–Kier alpha value is -1.53. The van der Waals surface area contributed by atoms with E-state index in [9.17, 15) is 13.6 Å². The number of halogens is 2. The van der Waals surface area contributed by atoms with E-state index in [4.69, 9.17) is 5.11 Å². The summed E-state index contributed by atoms with van der Waals surface area (Å²) in [6.07, 6.45) is -0.731. The highest BCUT2D eigenvalue weighted by molar-refractivity contribution is 5.93. The summed E-state index contributed by atoms with van der Waals surface area (Å²) in [5.74, 6) is -2.84. The minimum absolute atomic E-state index is 0.0653. The monoisotopic (exact) mass is 231 g/mol. The van der Waals surface area contributed by atoms with Crippen LogP contribution in [0.5, 0.6) is 0 Å². The van der Waals surface area contributed by atoms with Gasteiger partial charge in [0.2, 0.25) is 0 Å². The Bertz CT molecular complexity index is 382. The number of nitrogens with one attached hydrogen (secondary N) is 1. The zero-order valence-electron chi connectivity index (χ0n) is 8.54. The van der Waals surface area contributed by atoms with Gasteiger partial charge in [-0.15, -0.1) is 0 Å². The quantitative estimate of drug-likeness (QED) is 0.760. The molecule has 1 unspecified atom stereocenters. The van der Waals surface area contributed by atoms with Crippen LogP contribution >= 0.6 is 0 Å². The molecule has 0 aliphatic carbocycles. The number of hydroxylamine groups is 1. The molecule has 0 bridgehead atoms. The number of benzene rings is 1. The predicted molar refractivity (Wildman–Crippen MR) is 51.5 cm³/mol. The molecule has 1 aromatic rings. The molecule has 0 spiro atoms. The van der Waals surface area contributed by atoms with Crippen LogP contribution in [0.4, 0.5) is 8.78 Å². The first kappa shape index (κ1) is 12.5. The third-order valence-corrected chi connectivity index (χ3v) is 1.67. The lowest BCUT2D eigenvalue weighted by molar-refractivity contribution is -0.00689. The summed E-state index contributed by atoms with van der Waals surface area (Å²) in [5.41, 5.74) is 1.92. The number of carbonyl (C=O) groups excluding carboxylic acids is 1. The highest BCUT2D eigenvalue weighted by atomic mass is 19.2. The van der Waals surface area contributed by atoms with Gasteiger partial charge in [-0.25, -0.2) is 14.3 Å². The lowest BCUT2D eigenvalue weighted by atomic mass is 10.2. The zero-order chi connectivity index (χ0) is 12.1. The Labute approximate surface area is 90.8 Å². The average molecular weight is 231 g/mol. The Morgan fingerprint density at radius 3 is 2.75 bits per heavy atom. The molecule has 4 nitrogen and oxygen atoms in total. The van der Waals surface area contributed by atoms with E-state index in [1.165, 1.54) is 6.92 Å². The standard InChI is InChI=1S/C10H11F2NO3/c1-6(14)5-16-13-10(15)7-2-3-8(11)9(12)4-7/h2-4,6,14H,5H2,1H3,(H,13,15). The Balaban J connectivity index is 2.56. The zero-order valence-corrected chi connectivity index (χ0v) is 8.54. The summed E-state index contributed by atoms with van der Waals surface area (Å²) in [7, 11) is 0. The maximum Gasteiger partial charge on any atom is 0.274 e. The molecule has 0 aromatic heterocycles. The van der Waals surface area contributed by atoms with E-state index in [1.807, 2.05) is 5.48 Å². The number of hydrogen-bond acceptors (Lipinski definition) is 3. The smallest absolute Gasteiger partial charge is 0.274 e. The molecule has 1 amide bonds. The van der Waals surface area contributed by atoms with E-state index in [-0.39, 0.29) is 12.2 Å². The normalized spacial score (nSPS) is 12.2. The lowest BCUT2D eigenvalue weighted by Gasteiger charge is -2.07. The molecule has 88 valence electrons. The van der Waals surface area contributed by atoms with Gasteiger partial charge in [-0.05, 0) is 25.1 Å². The maximum absolute atomic E-state index is 12.8. The van der Waals surface area contributed by atoms with Gasteiger partial charge in [-0.3, -0.25) is 9.63 Å². The predicted octanol–water partition coefficient (Wildman–Crippen LogP) is 1.01. The van der Waals surface area contributed by atoms with Crippen LogP contribution in [0.2, 0.25) is 0 Å². The number of amides is 1. The minimum atomic E-state index is -1.11. The number of carbonyl (C=O) groups is 1. The molecule has 0 saturated carbocycles. The van der Waals surface area contributed by atoms with Gasteiger partial charge in [-0.1, -0.05) is 0 Å². The molecule has 1 aromatic carbocycles. The third-order valence-electron chi connectivity index (χ3n) is 1.67. The van der Waals surface area contributed by atoms with E-state index < -0.39 is 23.6 Å².